The van der Waals surface area contributed by atoms with Gasteiger partial charge in [0.25, 0.3) is 0 Å². The zero-order valence-corrected chi connectivity index (χ0v) is 13.1. The Labute approximate surface area is 133 Å². The molecule has 0 amide bonds. The van der Waals surface area contributed by atoms with Crippen molar-refractivity contribution in [3.05, 3.63) is 60.3 Å². The first-order valence-corrected chi connectivity index (χ1v) is 7.69. The van der Waals surface area contributed by atoms with Crippen molar-refractivity contribution in [3.8, 4) is 11.1 Å². The molecule has 3 rings (SSSR count). The summed E-state index contributed by atoms with van der Waals surface area (Å²) < 4.78 is 41.9. The van der Waals surface area contributed by atoms with Crippen molar-refractivity contribution in [2.45, 2.75) is 32.5 Å². The number of hydrogen-bond donors (Lipinski definition) is 0. The highest BCUT2D eigenvalue weighted by atomic mass is 19.4. The fourth-order valence-electron chi connectivity index (χ4n) is 2.88. The molecule has 0 saturated heterocycles. The Kier molecular flexibility index (Phi) is 3.92. The lowest BCUT2D eigenvalue weighted by molar-refractivity contribution is -0.137. The van der Waals surface area contributed by atoms with Crippen LogP contribution in [0.5, 0.6) is 0 Å². The Balaban J connectivity index is 2.18. The van der Waals surface area contributed by atoms with E-state index in [9.17, 15) is 13.2 Å². The Bertz CT molecular complexity index is 830. The van der Waals surface area contributed by atoms with E-state index in [4.69, 9.17) is 0 Å². The number of benzene rings is 2. The van der Waals surface area contributed by atoms with Crippen LogP contribution in [0.1, 0.15) is 31.9 Å². The molecule has 1 heterocycles. The van der Waals surface area contributed by atoms with Crippen molar-refractivity contribution in [3.63, 3.8) is 0 Å². The molecule has 1 unspecified atom stereocenters. The number of alkyl halides is 3. The molecule has 0 saturated carbocycles. The Morgan fingerprint density at radius 2 is 1.78 bits per heavy atom. The second-order valence-electron chi connectivity index (χ2n) is 5.80. The van der Waals surface area contributed by atoms with E-state index in [1.54, 1.807) is 12.1 Å². The lowest BCUT2D eigenvalue weighted by Crippen LogP contribution is -2.07. The minimum Gasteiger partial charge on any atom is -0.345 e. The van der Waals surface area contributed by atoms with Crippen LogP contribution in [0.2, 0.25) is 0 Å². The maximum absolute atomic E-state index is 13.2. The van der Waals surface area contributed by atoms with E-state index in [0.29, 0.717) is 11.6 Å². The third-order valence-electron chi connectivity index (χ3n) is 4.33. The van der Waals surface area contributed by atoms with Gasteiger partial charge >= 0.3 is 6.18 Å². The highest BCUT2D eigenvalue weighted by molar-refractivity contribution is 5.86. The Morgan fingerprint density at radius 3 is 2.48 bits per heavy atom. The second-order valence-corrected chi connectivity index (χ2v) is 5.80. The van der Waals surface area contributed by atoms with Crippen LogP contribution in [0.4, 0.5) is 13.2 Å². The van der Waals surface area contributed by atoms with Gasteiger partial charge in [0, 0.05) is 17.8 Å². The van der Waals surface area contributed by atoms with Crippen molar-refractivity contribution in [1.82, 2.24) is 4.57 Å². The van der Waals surface area contributed by atoms with Crippen LogP contribution in [0.15, 0.2) is 54.7 Å². The zero-order valence-electron chi connectivity index (χ0n) is 13.1. The molecular weight excluding hydrogens is 299 g/mol. The standard InChI is InChI=1S/C19H18F3N/c1-3-13(2)23-11-10-14-8-9-15(12-18(14)23)16-6-4-5-7-17(16)19(20,21)22/h4-13H,3H2,1-2H3. The van der Waals surface area contributed by atoms with Gasteiger partial charge in [0.05, 0.1) is 5.56 Å². The number of hydrogen-bond acceptors (Lipinski definition) is 0. The summed E-state index contributed by atoms with van der Waals surface area (Å²) >= 11 is 0. The summed E-state index contributed by atoms with van der Waals surface area (Å²) in [7, 11) is 0. The predicted molar refractivity (Wildman–Crippen MR) is 87.4 cm³/mol. The number of nitrogens with zero attached hydrogens (tertiary/aromatic N) is 1. The Morgan fingerprint density at radius 1 is 1.04 bits per heavy atom. The average molecular weight is 317 g/mol. The number of halogens is 3. The third kappa shape index (κ3) is 2.85. The maximum atomic E-state index is 13.2. The SMILES string of the molecule is CCC(C)n1ccc2ccc(-c3ccccc3C(F)(F)F)cc21. The van der Waals surface area contributed by atoms with Gasteiger partial charge in [-0.1, -0.05) is 37.3 Å². The van der Waals surface area contributed by atoms with Gasteiger partial charge in [-0.25, -0.2) is 0 Å². The molecule has 1 aromatic heterocycles. The van der Waals surface area contributed by atoms with E-state index in [-0.39, 0.29) is 5.56 Å². The summed E-state index contributed by atoms with van der Waals surface area (Å²) in [5.74, 6) is 0. The molecule has 0 aliphatic heterocycles. The summed E-state index contributed by atoms with van der Waals surface area (Å²) in [6.07, 6.45) is -1.39. The molecule has 2 aromatic carbocycles. The fourth-order valence-corrected chi connectivity index (χ4v) is 2.88. The van der Waals surface area contributed by atoms with E-state index in [1.165, 1.54) is 12.1 Å². The fraction of sp³-hybridized carbons (Fsp3) is 0.263. The Hall–Kier alpha value is -2.23. The minimum absolute atomic E-state index is 0.221. The molecule has 0 aliphatic rings. The van der Waals surface area contributed by atoms with Crippen LogP contribution in [-0.4, -0.2) is 4.57 Å². The van der Waals surface area contributed by atoms with Crippen molar-refractivity contribution < 1.29 is 13.2 Å². The molecule has 120 valence electrons. The van der Waals surface area contributed by atoms with Crippen LogP contribution in [0.3, 0.4) is 0 Å². The van der Waals surface area contributed by atoms with Gasteiger partial charge in [-0.3, -0.25) is 0 Å². The number of fused-ring (bicyclic) bond motifs is 1. The maximum Gasteiger partial charge on any atom is 0.417 e. The largest absolute Gasteiger partial charge is 0.417 e. The van der Waals surface area contributed by atoms with Gasteiger partial charge in [0.1, 0.15) is 0 Å². The van der Waals surface area contributed by atoms with E-state index in [1.807, 2.05) is 24.4 Å². The molecule has 0 spiro atoms. The molecule has 0 radical (unpaired) electrons. The number of aromatic nitrogens is 1. The van der Waals surface area contributed by atoms with E-state index in [2.05, 4.69) is 18.4 Å². The van der Waals surface area contributed by atoms with Gasteiger partial charge in [-0.2, -0.15) is 13.2 Å². The van der Waals surface area contributed by atoms with Gasteiger partial charge in [-0.05, 0) is 48.1 Å². The summed E-state index contributed by atoms with van der Waals surface area (Å²) in [5.41, 5.74) is 1.18. The van der Waals surface area contributed by atoms with Crippen molar-refractivity contribution in [2.75, 3.05) is 0 Å². The van der Waals surface area contributed by atoms with Crippen LogP contribution >= 0.6 is 0 Å². The van der Waals surface area contributed by atoms with Gasteiger partial charge in [0.2, 0.25) is 0 Å². The molecule has 0 aliphatic carbocycles. The second kappa shape index (κ2) is 5.76. The molecule has 4 heteroatoms. The minimum atomic E-state index is -4.36. The monoisotopic (exact) mass is 317 g/mol. The van der Waals surface area contributed by atoms with Crippen LogP contribution in [0.25, 0.3) is 22.0 Å². The number of rotatable bonds is 3. The predicted octanol–water partition coefficient (Wildman–Crippen LogP) is 6.30. The van der Waals surface area contributed by atoms with Gasteiger partial charge in [-0.15, -0.1) is 0 Å². The van der Waals surface area contributed by atoms with Crippen molar-refractivity contribution in [2.24, 2.45) is 0 Å². The molecule has 23 heavy (non-hydrogen) atoms. The van der Waals surface area contributed by atoms with E-state index >= 15 is 0 Å². The first kappa shape index (κ1) is 15.7. The molecule has 1 nitrogen and oxygen atoms in total. The summed E-state index contributed by atoms with van der Waals surface area (Å²) in [6.45, 7) is 4.20. The average Bonchev–Trinajstić information content (AvgIpc) is 2.96. The van der Waals surface area contributed by atoms with E-state index in [0.717, 1.165) is 23.4 Å². The van der Waals surface area contributed by atoms with Crippen molar-refractivity contribution >= 4 is 10.9 Å². The summed E-state index contributed by atoms with van der Waals surface area (Å²) in [6, 6.07) is 13.5. The highest BCUT2D eigenvalue weighted by Gasteiger charge is 2.33. The topological polar surface area (TPSA) is 4.93 Å². The van der Waals surface area contributed by atoms with Crippen molar-refractivity contribution in [1.29, 1.82) is 0 Å². The normalized spacial score (nSPS) is 13.4. The molecule has 3 aromatic rings. The van der Waals surface area contributed by atoms with Crippen LogP contribution in [0, 0.1) is 0 Å². The first-order chi connectivity index (χ1) is 10.9. The third-order valence-corrected chi connectivity index (χ3v) is 4.33. The highest BCUT2D eigenvalue weighted by Crippen LogP contribution is 2.38. The van der Waals surface area contributed by atoms with Gasteiger partial charge in [0.15, 0.2) is 0 Å². The molecular formula is C19H18F3N. The summed E-state index contributed by atoms with van der Waals surface area (Å²) in [5, 5.41) is 1.04. The first-order valence-electron chi connectivity index (χ1n) is 7.69. The molecule has 1 atom stereocenters. The molecule has 0 fully saturated rings. The lowest BCUT2D eigenvalue weighted by Gasteiger charge is -2.15. The van der Waals surface area contributed by atoms with E-state index < -0.39 is 11.7 Å². The molecule has 0 N–H and O–H groups in total. The zero-order chi connectivity index (χ0) is 16.6. The lowest BCUT2D eigenvalue weighted by atomic mass is 9.98. The molecule has 0 bridgehead atoms. The van der Waals surface area contributed by atoms with Crippen LogP contribution in [-0.2, 0) is 6.18 Å². The quantitative estimate of drug-likeness (QED) is 0.534. The smallest absolute Gasteiger partial charge is 0.345 e. The van der Waals surface area contributed by atoms with Crippen LogP contribution < -0.4 is 0 Å². The van der Waals surface area contributed by atoms with Gasteiger partial charge < -0.3 is 4.57 Å². The summed E-state index contributed by atoms with van der Waals surface area (Å²) in [4.78, 5) is 0.